The summed E-state index contributed by atoms with van der Waals surface area (Å²) < 4.78 is 0. The van der Waals surface area contributed by atoms with Crippen molar-refractivity contribution < 1.29 is 10.2 Å². The molecule has 1 rings (SSSR count). The lowest BCUT2D eigenvalue weighted by molar-refractivity contribution is 0.0169. The molecule has 0 aromatic carbocycles. The van der Waals surface area contributed by atoms with Crippen LogP contribution in [0.25, 0.3) is 0 Å². The van der Waals surface area contributed by atoms with Crippen LogP contribution >= 0.6 is 11.6 Å². The third-order valence-electron chi connectivity index (χ3n) is 2.03. The molecule has 0 saturated heterocycles. The van der Waals surface area contributed by atoms with Crippen LogP contribution in [0, 0.1) is 6.92 Å². The van der Waals surface area contributed by atoms with Crippen molar-refractivity contribution in [3.8, 4) is 0 Å². The number of aryl methyl sites for hydroxylation is 1. The first-order valence-electron chi connectivity index (χ1n) is 4.50. The second-order valence-electron chi connectivity index (χ2n) is 3.22. The molecule has 0 aliphatic carbocycles. The van der Waals surface area contributed by atoms with Crippen molar-refractivity contribution >= 4 is 11.6 Å². The number of aliphatic hydroxyl groups is 2. The van der Waals surface area contributed by atoms with Crippen LogP contribution in [0.2, 0.25) is 0 Å². The van der Waals surface area contributed by atoms with Gasteiger partial charge in [0.25, 0.3) is 0 Å². The summed E-state index contributed by atoms with van der Waals surface area (Å²) in [6.07, 6.45) is 0.301. The van der Waals surface area contributed by atoms with Crippen LogP contribution in [-0.4, -0.2) is 27.2 Å². The lowest BCUT2D eigenvalue weighted by atomic mass is 10.0. The van der Waals surface area contributed by atoms with E-state index in [1.807, 2.05) is 6.92 Å². The van der Waals surface area contributed by atoms with Gasteiger partial charge in [-0.2, -0.15) is 0 Å². The molecule has 14 heavy (non-hydrogen) atoms. The molecule has 1 heterocycles. The Balaban J connectivity index is 2.73. The van der Waals surface area contributed by atoms with E-state index in [2.05, 4.69) is 4.98 Å². The minimum Gasteiger partial charge on any atom is -0.390 e. The van der Waals surface area contributed by atoms with Crippen LogP contribution in [0.3, 0.4) is 0 Å². The summed E-state index contributed by atoms with van der Waals surface area (Å²) in [5, 5.41) is 19.2. The van der Waals surface area contributed by atoms with Gasteiger partial charge in [0.15, 0.2) is 0 Å². The second kappa shape index (κ2) is 5.29. The smallest absolute Gasteiger partial charge is 0.105 e. The average molecular weight is 216 g/mol. The van der Waals surface area contributed by atoms with Crippen LogP contribution < -0.4 is 0 Å². The van der Waals surface area contributed by atoms with E-state index in [0.29, 0.717) is 17.9 Å². The largest absolute Gasteiger partial charge is 0.390 e. The molecule has 0 aliphatic rings. The van der Waals surface area contributed by atoms with E-state index in [0.717, 1.165) is 5.69 Å². The second-order valence-corrected chi connectivity index (χ2v) is 3.60. The number of hydrogen-bond donors (Lipinski definition) is 2. The molecule has 2 unspecified atom stereocenters. The number of aromatic nitrogens is 1. The van der Waals surface area contributed by atoms with Gasteiger partial charge < -0.3 is 10.2 Å². The fourth-order valence-electron chi connectivity index (χ4n) is 1.24. The Morgan fingerprint density at radius 1 is 1.50 bits per heavy atom. The van der Waals surface area contributed by atoms with E-state index in [9.17, 15) is 10.2 Å². The first-order chi connectivity index (χ1) is 6.65. The van der Waals surface area contributed by atoms with Gasteiger partial charge in [0.1, 0.15) is 6.10 Å². The van der Waals surface area contributed by atoms with Crippen molar-refractivity contribution in [3.63, 3.8) is 0 Å². The number of nitrogens with zero attached hydrogens (tertiary/aromatic N) is 1. The minimum absolute atomic E-state index is 0.336. The van der Waals surface area contributed by atoms with Crippen LogP contribution in [-0.2, 0) is 0 Å². The monoisotopic (exact) mass is 215 g/mol. The molecule has 4 heteroatoms. The predicted octanol–water partition coefficient (Wildman–Crippen LogP) is 1.41. The van der Waals surface area contributed by atoms with Crippen molar-refractivity contribution in [3.05, 3.63) is 29.6 Å². The predicted molar refractivity (Wildman–Crippen MR) is 55.3 cm³/mol. The SMILES string of the molecule is Cc1cc(C(O)C(O)CCCl)ccn1. The maximum atomic E-state index is 9.71. The standard InChI is InChI=1S/C10H14ClNO2/c1-7-6-8(3-5-12-7)10(14)9(13)2-4-11/h3,5-6,9-10,13-14H,2,4H2,1H3. The summed E-state index contributed by atoms with van der Waals surface area (Å²) in [7, 11) is 0. The Bertz CT molecular complexity index is 293. The minimum atomic E-state index is -0.879. The Kier molecular flexibility index (Phi) is 4.32. The van der Waals surface area contributed by atoms with Crippen molar-refractivity contribution in [2.75, 3.05) is 5.88 Å². The molecule has 1 aromatic rings. The zero-order valence-corrected chi connectivity index (χ0v) is 8.78. The summed E-state index contributed by atoms with van der Waals surface area (Å²) in [6.45, 7) is 1.84. The van der Waals surface area contributed by atoms with Gasteiger partial charge >= 0.3 is 0 Å². The fraction of sp³-hybridized carbons (Fsp3) is 0.500. The van der Waals surface area contributed by atoms with E-state index in [1.165, 1.54) is 0 Å². The lowest BCUT2D eigenvalue weighted by Gasteiger charge is -2.17. The highest BCUT2D eigenvalue weighted by Crippen LogP contribution is 2.19. The first-order valence-corrected chi connectivity index (χ1v) is 5.03. The Morgan fingerprint density at radius 3 is 2.79 bits per heavy atom. The van der Waals surface area contributed by atoms with Crippen LogP contribution in [0.15, 0.2) is 18.3 Å². The topological polar surface area (TPSA) is 53.4 Å². The van der Waals surface area contributed by atoms with Crippen molar-refractivity contribution in [1.82, 2.24) is 4.98 Å². The summed E-state index contributed by atoms with van der Waals surface area (Å²) in [5.41, 5.74) is 1.50. The molecule has 1 aromatic heterocycles. The van der Waals surface area contributed by atoms with Gasteiger partial charge in [0.2, 0.25) is 0 Å². The molecule has 0 amide bonds. The molecule has 3 nitrogen and oxygen atoms in total. The molecular formula is C10H14ClNO2. The average Bonchev–Trinajstić information content (AvgIpc) is 2.17. The highest BCUT2D eigenvalue weighted by molar-refractivity contribution is 6.17. The van der Waals surface area contributed by atoms with E-state index in [1.54, 1.807) is 18.3 Å². The van der Waals surface area contributed by atoms with Crippen LogP contribution in [0.1, 0.15) is 23.8 Å². The molecule has 0 saturated carbocycles. The zero-order valence-electron chi connectivity index (χ0n) is 8.02. The van der Waals surface area contributed by atoms with Gasteiger partial charge in [-0.05, 0) is 31.0 Å². The van der Waals surface area contributed by atoms with Gasteiger partial charge in [0.05, 0.1) is 6.10 Å². The highest BCUT2D eigenvalue weighted by atomic mass is 35.5. The fourth-order valence-corrected chi connectivity index (χ4v) is 1.47. The molecule has 0 radical (unpaired) electrons. The zero-order chi connectivity index (χ0) is 10.6. The molecule has 2 atom stereocenters. The Morgan fingerprint density at radius 2 is 2.21 bits per heavy atom. The third kappa shape index (κ3) is 2.94. The molecule has 0 aliphatic heterocycles. The Labute approximate surface area is 88.4 Å². The van der Waals surface area contributed by atoms with Crippen LogP contribution in [0.4, 0.5) is 0 Å². The van der Waals surface area contributed by atoms with Gasteiger partial charge in [0, 0.05) is 17.8 Å². The first kappa shape index (κ1) is 11.4. The number of hydrogen-bond acceptors (Lipinski definition) is 3. The van der Waals surface area contributed by atoms with E-state index < -0.39 is 12.2 Å². The van der Waals surface area contributed by atoms with Gasteiger partial charge in [-0.15, -0.1) is 11.6 Å². The van der Waals surface area contributed by atoms with Crippen LogP contribution in [0.5, 0.6) is 0 Å². The summed E-state index contributed by atoms with van der Waals surface area (Å²) in [4.78, 5) is 4.01. The van der Waals surface area contributed by atoms with E-state index in [-0.39, 0.29) is 0 Å². The van der Waals surface area contributed by atoms with Gasteiger partial charge in [-0.1, -0.05) is 0 Å². The van der Waals surface area contributed by atoms with Gasteiger partial charge in [-0.25, -0.2) is 0 Å². The normalized spacial score (nSPS) is 15.1. The quantitative estimate of drug-likeness (QED) is 0.747. The number of alkyl halides is 1. The third-order valence-corrected chi connectivity index (χ3v) is 2.25. The van der Waals surface area contributed by atoms with Crippen molar-refractivity contribution in [2.45, 2.75) is 25.6 Å². The molecular weight excluding hydrogens is 202 g/mol. The summed E-state index contributed by atoms with van der Waals surface area (Å²) >= 11 is 5.48. The lowest BCUT2D eigenvalue weighted by Crippen LogP contribution is -2.18. The molecule has 78 valence electrons. The number of aliphatic hydroxyl groups excluding tert-OH is 2. The number of halogens is 1. The Hall–Kier alpha value is -0.640. The molecule has 0 spiro atoms. The summed E-state index contributed by atoms with van der Waals surface area (Å²) in [5.74, 6) is 0.336. The number of rotatable bonds is 4. The van der Waals surface area contributed by atoms with E-state index in [4.69, 9.17) is 11.6 Å². The highest BCUT2D eigenvalue weighted by Gasteiger charge is 2.17. The van der Waals surface area contributed by atoms with Crippen molar-refractivity contribution in [1.29, 1.82) is 0 Å². The van der Waals surface area contributed by atoms with E-state index >= 15 is 0 Å². The number of pyridine rings is 1. The molecule has 2 N–H and O–H groups in total. The molecule has 0 fully saturated rings. The van der Waals surface area contributed by atoms with Crippen molar-refractivity contribution in [2.24, 2.45) is 0 Å². The summed E-state index contributed by atoms with van der Waals surface area (Å²) in [6, 6.07) is 3.44. The maximum absolute atomic E-state index is 9.71. The maximum Gasteiger partial charge on any atom is 0.105 e. The van der Waals surface area contributed by atoms with Gasteiger partial charge in [-0.3, -0.25) is 4.98 Å². The molecule has 0 bridgehead atoms.